The minimum absolute atomic E-state index is 0.00711. The first-order valence-electron chi connectivity index (χ1n) is 3.75. The number of para-hydroxylation sites is 2. The van der Waals surface area contributed by atoms with Crippen molar-refractivity contribution in [2.75, 3.05) is 0 Å². The van der Waals surface area contributed by atoms with E-state index in [2.05, 4.69) is 9.47 Å². The lowest BCUT2D eigenvalue weighted by molar-refractivity contribution is -0.306. The van der Waals surface area contributed by atoms with Crippen LogP contribution in [0.5, 0.6) is 11.5 Å². The summed E-state index contributed by atoms with van der Waals surface area (Å²) in [6, 6.07) is 5.78. The Morgan fingerprint density at radius 2 is 1.50 bits per heavy atom. The van der Waals surface area contributed by atoms with E-state index in [0.717, 1.165) is 0 Å². The van der Waals surface area contributed by atoms with Crippen molar-refractivity contribution in [1.82, 2.24) is 0 Å². The number of benzene rings is 1. The van der Waals surface area contributed by atoms with E-state index in [0.29, 0.717) is 0 Å². The monoisotopic (exact) mass is 205 g/mol. The van der Waals surface area contributed by atoms with Crippen LogP contribution in [0.15, 0.2) is 24.3 Å². The highest BCUT2D eigenvalue weighted by atomic mass is 19.4. The van der Waals surface area contributed by atoms with Gasteiger partial charge in [0.25, 0.3) is 0 Å². The number of ether oxygens (including phenoxy) is 2. The average Bonchev–Trinajstić information content (AvgIpc) is 2.40. The zero-order chi connectivity index (χ0) is 10.4. The standard InChI is InChI=1S/C8H6F3NO2/c9-7(10,11)8(12)13-5-3-1-2-4-6(5)14-8/h1-4H,12H2. The van der Waals surface area contributed by atoms with E-state index in [4.69, 9.17) is 5.73 Å². The summed E-state index contributed by atoms with van der Waals surface area (Å²) in [5.74, 6) is -3.07. The van der Waals surface area contributed by atoms with Crippen molar-refractivity contribution in [3.63, 3.8) is 0 Å². The van der Waals surface area contributed by atoms with Gasteiger partial charge in [0.1, 0.15) is 0 Å². The Hall–Kier alpha value is -1.43. The van der Waals surface area contributed by atoms with Gasteiger partial charge in [0, 0.05) is 0 Å². The zero-order valence-electron chi connectivity index (χ0n) is 6.84. The lowest BCUT2D eigenvalue weighted by Crippen LogP contribution is -2.60. The first-order chi connectivity index (χ1) is 6.42. The number of halogens is 3. The van der Waals surface area contributed by atoms with Gasteiger partial charge in [-0.2, -0.15) is 13.2 Å². The van der Waals surface area contributed by atoms with Crippen molar-refractivity contribution < 1.29 is 22.6 Å². The molecule has 0 saturated heterocycles. The first-order valence-corrected chi connectivity index (χ1v) is 3.75. The second-order valence-corrected chi connectivity index (χ2v) is 2.82. The third-order valence-electron chi connectivity index (χ3n) is 1.77. The van der Waals surface area contributed by atoms with Gasteiger partial charge in [-0.15, -0.1) is 0 Å². The Balaban J connectivity index is 2.35. The van der Waals surface area contributed by atoms with Crippen LogP contribution in [0, 0.1) is 0 Å². The predicted octanol–water partition coefficient (Wildman–Crippen LogP) is 1.63. The van der Waals surface area contributed by atoms with E-state index < -0.39 is 12.1 Å². The van der Waals surface area contributed by atoms with Gasteiger partial charge in [0.15, 0.2) is 11.5 Å². The van der Waals surface area contributed by atoms with Crippen molar-refractivity contribution >= 4 is 0 Å². The molecule has 14 heavy (non-hydrogen) atoms. The average molecular weight is 205 g/mol. The summed E-state index contributed by atoms with van der Waals surface area (Å²) in [5.41, 5.74) is 4.92. The lowest BCUT2D eigenvalue weighted by Gasteiger charge is -2.24. The molecule has 1 aliphatic heterocycles. The molecule has 76 valence electrons. The maximum atomic E-state index is 12.3. The van der Waals surface area contributed by atoms with Gasteiger partial charge in [0.05, 0.1) is 0 Å². The summed E-state index contributed by atoms with van der Waals surface area (Å²) >= 11 is 0. The highest BCUT2D eigenvalue weighted by Crippen LogP contribution is 2.43. The van der Waals surface area contributed by atoms with Gasteiger partial charge >= 0.3 is 12.1 Å². The third-order valence-corrected chi connectivity index (χ3v) is 1.77. The number of hydrogen-bond acceptors (Lipinski definition) is 3. The molecule has 1 aromatic carbocycles. The van der Waals surface area contributed by atoms with Crippen molar-refractivity contribution in [2.24, 2.45) is 5.73 Å². The Morgan fingerprint density at radius 1 is 1.07 bits per heavy atom. The molecule has 0 amide bonds. The van der Waals surface area contributed by atoms with Gasteiger partial charge < -0.3 is 9.47 Å². The molecule has 3 nitrogen and oxygen atoms in total. The summed E-state index contributed by atoms with van der Waals surface area (Å²) in [4.78, 5) is 0. The van der Waals surface area contributed by atoms with Gasteiger partial charge in [-0.25, -0.2) is 0 Å². The van der Waals surface area contributed by atoms with Gasteiger partial charge in [0.2, 0.25) is 0 Å². The second-order valence-electron chi connectivity index (χ2n) is 2.82. The lowest BCUT2D eigenvalue weighted by atomic mass is 10.3. The fourth-order valence-electron chi connectivity index (χ4n) is 1.08. The summed E-state index contributed by atoms with van der Waals surface area (Å²) in [6.07, 6.45) is -4.77. The fraction of sp³-hybridized carbons (Fsp3) is 0.250. The number of hydrogen-bond donors (Lipinski definition) is 1. The Labute approximate surface area is 77.2 Å². The molecule has 2 rings (SSSR count). The summed E-state index contributed by atoms with van der Waals surface area (Å²) in [6.45, 7) is 0. The maximum Gasteiger partial charge on any atom is 0.485 e. The van der Waals surface area contributed by atoms with Crippen LogP contribution in [-0.2, 0) is 0 Å². The van der Waals surface area contributed by atoms with Crippen LogP contribution in [0.25, 0.3) is 0 Å². The Morgan fingerprint density at radius 3 is 1.86 bits per heavy atom. The predicted molar refractivity (Wildman–Crippen MR) is 40.7 cm³/mol. The van der Waals surface area contributed by atoms with E-state index in [1.807, 2.05) is 0 Å². The fourth-order valence-corrected chi connectivity index (χ4v) is 1.08. The second kappa shape index (κ2) is 2.54. The number of fused-ring (bicyclic) bond motifs is 1. The van der Waals surface area contributed by atoms with E-state index in [1.54, 1.807) is 0 Å². The summed E-state index contributed by atoms with van der Waals surface area (Å²) < 4.78 is 46.0. The van der Waals surface area contributed by atoms with Crippen LogP contribution in [0.2, 0.25) is 0 Å². The first kappa shape index (κ1) is 9.14. The molecule has 1 aromatic rings. The van der Waals surface area contributed by atoms with Crippen LogP contribution in [-0.4, -0.2) is 12.1 Å². The Bertz CT molecular complexity index is 339. The van der Waals surface area contributed by atoms with Crippen molar-refractivity contribution in [1.29, 1.82) is 0 Å². The number of rotatable bonds is 0. The third kappa shape index (κ3) is 1.19. The highest BCUT2D eigenvalue weighted by Gasteiger charge is 2.61. The van der Waals surface area contributed by atoms with E-state index in [1.165, 1.54) is 24.3 Å². The largest absolute Gasteiger partial charge is 0.485 e. The van der Waals surface area contributed by atoms with Gasteiger partial charge in [-0.05, 0) is 12.1 Å². The topological polar surface area (TPSA) is 44.5 Å². The van der Waals surface area contributed by atoms with Gasteiger partial charge in [-0.1, -0.05) is 12.1 Å². The van der Waals surface area contributed by atoms with E-state index in [9.17, 15) is 13.2 Å². The van der Waals surface area contributed by atoms with Crippen LogP contribution in [0.3, 0.4) is 0 Å². The molecular weight excluding hydrogens is 199 g/mol. The normalized spacial score (nSPS) is 18.3. The SMILES string of the molecule is NC1(C(F)(F)F)Oc2ccccc2O1. The van der Waals surface area contributed by atoms with Crippen molar-refractivity contribution in [3.8, 4) is 11.5 Å². The number of nitrogens with two attached hydrogens (primary N) is 1. The molecule has 0 unspecified atom stereocenters. The van der Waals surface area contributed by atoms with Crippen molar-refractivity contribution in [3.05, 3.63) is 24.3 Å². The van der Waals surface area contributed by atoms with Crippen LogP contribution < -0.4 is 15.2 Å². The molecule has 0 spiro atoms. The Kier molecular flexibility index (Phi) is 1.66. The van der Waals surface area contributed by atoms with E-state index >= 15 is 0 Å². The van der Waals surface area contributed by atoms with Crippen molar-refractivity contribution in [2.45, 2.75) is 12.1 Å². The molecule has 1 heterocycles. The molecule has 0 saturated carbocycles. The zero-order valence-corrected chi connectivity index (χ0v) is 6.84. The van der Waals surface area contributed by atoms with Gasteiger partial charge in [-0.3, -0.25) is 5.73 Å². The molecule has 2 N–H and O–H groups in total. The van der Waals surface area contributed by atoms with Crippen LogP contribution in [0.4, 0.5) is 13.2 Å². The molecule has 0 radical (unpaired) electrons. The minimum Gasteiger partial charge on any atom is -0.429 e. The number of alkyl halides is 3. The highest BCUT2D eigenvalue weighted by molar-refractivity contribution is 5.42. The summed E-state index contributed by atoms with van der Waals surface area (Å²) in [7, 11) is 0. The molecule has 0 bridgehead atoms. The molecule has 0 aromatic heterocycles. The molecular formula is C8H6F3NO2. The molecule has 0 atom stereocenters. The van der Waals surface area contributed by atoms with Crippen LogP contribution >= 0.6 is 0 Å². The molecule has 0 fully saturated rings. The van der Waals surface area contributed by atoms with Crippen LogP contribution in [0.1, 0.15) is 0 Å². The quantitative estimate of drug-likeness (QED) is 0.700. The molecule has 0 aliphatic carbocycles. The maximum absolute atomic E-state index is 12.3. The molecule has 1 aliphatic rings. The minimum atomic E-state index is -4.77. The van der Waals surface area contributed by atoms with E-state index in [-0.39, 0.29) is 11.5 Å². The smallest absolute Gasteiger partial charge is 0.429 e. The molecule has 6 heteroatoms. The summed E-state index contributed by atoms with van der Waals surface area (Å²) in [5, 5.41) is 0.